The van der Waals surface area contributed by atoms with Gasteiger partial charge in [0.25, 0.3) is 10.0 Å². The van der Waals surface area contributed by atoms with Crippen LogP contribution in [0, 0.1) is 0 Å². The quantitative estimate of drug-likeness (QED) is 0.815. The van der Waals surface area contributed by atoms with Gasteiger partial charge in [-0.05, 0) is 30.3 Å². The third-order valence-electron chi connectivity index (χ3n) is 3.21. The summed E-state index contributed by atoms with van der Waals surface area (Å²) < 4.78 is 42.5. The van der Waals surface area contributed by atoms with Crippen molar-refractivity contribution in [2.24, 2.45) is 0 Å². The van der Waals surface area contributed by atoms with Gasteiger partial charge in [0, 0.05) is 11.8 Å². The standard InChI is InChI=1S/C16H18N2O6S/c1-22-13-7-8-14(23-2)15(10-13)25(20,21)18-12-6-4-5-11(9-12)17-16(19)24-3/h4-10,18H,1-3H3,(H,17,19). The Morgan fingerprint density at radius 3 is 2.32 bits per heavy atom. The van der Waals surface area contributed by atoms with Crippen LogP contribution in [0.5, 0.6) is 11.5 Å². The number of ether oxygens (including phenoxy) is 3. The molecule has 2 rings (SSSR count). The molecule has 0 atom stereocenters. The van der Waals surface area contributed by atoms with Gasteiger partial charge >= 0.3 is 6.09 Å². The molecule has 0 aliphatic rings. The maximum Gasteiger partial charge on any atom is 0.411 e. The van der Waals surface area contributed by atoms with E-state index < -0.39 is 16.1 Å². The molecule has 9 heteroatoms. The summed E-state index contributed by atoms with van der Waals surface area (Å²) in [6, 6.07) is 10.7. The summed E-state index contributed by atoms with van der Waals surface area (Å²) in [6.07, 6.45) is -0.658. The number of anilines is 2. The summed E-state index contributed by atoms with van der Waals surface area (Å²) in [5.74, 6) is 0.555. The van der Waals surface area contributed by atoms with Crippen LogP contribution in [0.2, 0.25) is 0 Å². The van der Waals surface area contributed by atoms with E-state index >= 15 is 0 Å². The average Bonchev–Trinajstić information content (AvgIpc) is 2.60. The Bertz CT molecular complexity index is 867. The van der Waals surface area contributed by atoms with Gasteiger partial charge in [-0.2, -0.15) is 0 Å². The molecule has 0 fully saturated rings. The first-order chi connectivity index (χ1) is 11.9. The first-order valence-corrected chi connectivity index (χ1v) is 8.58. The first kappa shape index (κ1) is 18.4. The van der Waals surface area contributed by atoms with Crippen molar-refractivity contribution in [1.29, 1.82) is 0 Å². The van der Waals surface area contributed by atoms with Crippen LogP contribution in [0.15, 0.2) is 47.4 Å². The van der Waals surface area contributed by atoms with Crippen LogP contribution in [-0.2, 0) is 14.8 Å². The van der Waals surface area contributed by atoms with E-state index in [2.05, 4.69) is 14.8 Å². The zero-order valence-corrected chi connectivity index (χ0v) is 14.7. The Balaban J connectivity index is 2.33. The van der Waals surface area contributed by atoms with Crippen molar-refractivity contribution in [2.45, 2.75) is 4.90 Å². The largest absolute Gasteiger partial charge is 0.497 e. The maximum atomic E-state index is 12.7. The molecule has 2 N–H and O–H groups in total. The molecule has 0 aliphatic carbocycles. The van der Waals surface area contributed by atoms with E-state index in [0.717, 1.165) is 0 Å². The average molecular weight is 366 g/mol. The highest BCUT2D eigenvalue weighted by molar-refractivity contribution is 7.92. The SMILES string of the molecule is COC(=O)Nc1cccc(NS(=O)(=O)c2cc(OC)ccc2OC)c1. The lowest BCUT2D eigenvalue weighted by molar-refractivity contribution is 0.187. The lowest BCUT2D eigenvalue weighted by Gasteiger charge is -2.13. The number of carbonyl (C=O) groups is 1. The molecule has 0 heterocycles. The third-order valence-corrected chi connectivity index (χ3v) is 4.61. The lowest BCUT2D eigenvalue weighted by Crippen LogP contribution is -2.15. The first-order valence-electron chi connectivity index (χ1n) is 7.09. The highest BCUT2D eigenvalue weighted by Gasteiger charge is 2.21. The van der Waals surface area contributed by atoms with Crippen LogP contribution < -0.4 is 19.5 Å². The van der Waals surface area contributed by atoms with Gasteiger partial charge in [-0.1, -0.05) is 6.07 Å². The molecule has 0 spiro atoms. The molecular formula is C16H18N2O6S. The number of carbonyl (C=O) groups excluding carboxylic acids is 1. The van der Waals surface area contributed by atoms with Gasteiger partial charge in [0.2, 0.25) is 0 Å². The lowest BCUT2D eigenvalue weighted by atomic mass is 10.3. The van der Waals surface area contributed by atoms with Gasteiger partial charge in [-0.3, -0.25) is 10.0 Å². The molecule has 0 saturated carbocycles. The van der Waals surface area contributed by atoms with E-state index in [9.17, 15) is 13.2 Å². The summed E-state index contributed by atoms with van der Waals surface area (Å²) >= 11 is 0. The van der Waals surface area contributed by atoms with Gasteiger partial charge in [-0.15, -0.1) is 0 Å². The molecule has 8 nitrogen and oxygen atoms in total. The zero-order chi connectivity index (χ0) is 18.4. The minimum atomic E-state index is -3.94. The molecule has 2 aromatic carbocycles. The van der Waals surface area contributed by atoms with Crippen molar-refractivity contribution in [2.75, 3.05) is 31.4 Å². The van der Waals surface area contributed by atoms with Crippen molar-refractivity contribution >= 4 is 27.5 Å². The highest BCUT2D eigenvalue weighted by atomic mass is 32.2. The minimum Gasteiger partial charge on any atom is -0.497 e. The fraction of sp³-hybridized carbons (Fsp3) is 0.188. The summed E-state index contributed by atoms with van der Waals surface area (Å²) in [5.41, 5.74) is 0.642. The molecule has 25 heavy (non-hydrogen) atoms. The molecule has 0 aromatic heterocycles. The molecule has 0 radical (unpaired) electrons. The summed E-state index contributed by atoms with van der Waals surface area (Å²) in [4.78, 5) is 11.2. The fourth-order valence-electron chi connectivity index (χ4n) is 2.03. The number of methoxy groups -OCH3 is 3. The predicted molar refractivity (Wildman–Crippen MR) is 92.8 cm³/mol. The second-order valence-electron chi connectivity index (χ2n) is 4.82. The number of hydrogen-bond acceptors (Lipinski definition) is 6. The van der Waals surface area contributed by atoms with Crippen molar-refractivity contribution in [3.63, 3.8) is 0 Å². The Morgan fingerprint density at radius 1 is 0.960 bits per heavy atom. The summed E-state index contributed by atoms with van der Waals surface area (Å²) in [6.45, 7) is 0. The Labute approximate surface area is 145 Å². The number of sulfonamides is 1. The maximum absolute atomic E-state index is 12.7. The Kier molecular flexibility index (Phi) is 5.71. The van der Waals surface area contributed by atoms with E-state index in [0.29, 0.717) is 11.4 Å². The second-order valence-corrected chi connectivity index (χ2v) is 6.47. The molecule has 2 aromatic rings. The fourth-order valence-corrected chi connectivity index (χ4v) is 3.27. The van der Waals surface area contributed by atoms with Crippen LogP contribution >= 0.6 is 0 Å². The van der Waals surface area contributed by atoms with Crippen LogP contribution in [-0.4, -0.2) is 35.8 Å². The molecule has 0 saturated heterocycles. The molecule has 0 bridgehead atoms. The number of amides is 1. The summed E-state index contributed by atoms with van der Waals surface area (Å²) in [7, 11) is 0.109. The molecule has 0 aliphatic heterocycles. The van der Waals surface area contributed by atoms with E-state index in [1.807, 2.05) is 0 Å². The van der Waals surface area contributed by atoms with Crippen LogP contribution in [0.25, 0.3) is 0 Å². The van der Waals surface area contributed by atoms with Crippen molar-refractivity contribution in [3.05, 3.63) is 42.5 Å². The number of rotatable bonds is 6. The van der Waals surface area contributed by atoms with Gasteiger partial charge in [0.05, 0.1) is 27.0 Å². The summed E-state index contributed by atoms with van der Waals surface area (Å²) in [5, 5.41) is 2.46. The van der Waals surface area contributed by atoms with Crippen molar-refractivity contribution in [1.82, 2.24) is 0 Å². The van der Waals surface area contributed by atoms with Crippen LogP contribution in [0.1, 0.15) is 0 Å². The Morgan fingerprint density at radius 2 is 1.68 bits per heavy atom. The van der Waals surface area contributed by atoms with E-state index in [-0.39, 0.29) is 16.3 Å². The van der Waals surface area contributed by atoms with E-state index in [4.69, 9.17) is 9.47 Å². The number of benzene rings is 2. The molecule has 134 valence electrons. The van der Waals surface area contributed by atoms with Gasteiger partial charge in [0.1, 0.15) is 16.4 Å². The monoisotopic (exact) mass is 366 g/mol. The minimum absolute atomic E-state index is 0.0688. The molecule has 1 amide bonds. The van der Waals surface area contributed by atoms with Gasteiger partial charge in [0.15, 0.2) is 0 Å². The highest BCUT2D eigenvalue weighted by Crippen LogP contribution is 2.30. The van der Waals surface area contributed by atoms with Gasteiger partial charge < -0.3 is 14.2 Å². The van der Waals surface area contributed by atoms with Crippen LogP contribution in [0.4, 0.5) is 16.2 Å². The van der Waals surface area contributed by atoms with Crippen LogP contribution in [0.3, 0.4) is 0 Å². The zero-order valence-electron chi connectivity index (χ0n) is 13.9. The second kappa shape index (κ2) is 7.75. The van der Waals surface area contributed by atoms with Gasteiger partial charge in [-0.25, -0.2) is 13.2 Å². The number of nitrogens with one attached hydrogen (secondary N) is 2. The smallest absolute Gasteiger partial charge is 0.411 e. The van der Waals surface area contributed by atoms with Crippen molar-refractivity contribution in [3.8, 4) is 11.5 Å². The number of hydrogen-bond donors (Lipinski definition) is 2. The topological polar surface area (TPSA) is 103 Å². The third kappa shape index (κ3) is 4.54. The predicted octanol–water partition coefficient (Wildman–Crippen LogP) is 2.68. The molecular weight excluding hydrogens is 348 g/mol. The van der Waals surface area contributed by atoms with E-state index in [1.54, 1.807) is 24.3 Å². The van der Waals surface area contributed by atoms with E-state index in [1.165, 1.54) is 39.5 Å². The van der Waals surface area contributed by atoms with Crippen molar-refractivity contribution < 1.29 is 27.4 Å². The Hall–Kier alpha value is -2.94. The normalized spacial score (nSPS) is 10.7. The molecule has 0 unspecified atom stereocenters.